The van der Waals surface area contributed by atoms with Crippen molar-refractivity contribution in [1.29, 1.82) is 0 Å². The Hall–Kier alpha value is -1.90. The zero-order valence-electron chi connectivity index (χ0n) is 12.9. The number of carbonyl (C=O) groups excluding carboxylic acids is 2. The molecule has 2 bridgehead atoms. The normalized spacial score (nSPS) is 36.5. The molecule has 3 nitrogen and oxygen atoms in total. The lowest BCUT2D eigenvalue weighted by Crippen LogP contribution is -2.35. The van der Waals surface area contributed by atoms with Crippen molar-refractivity contribution in [2.45, 2.75) is 26.7 Å². The fraction of sp³-hybridized carbons (Fsp3) is 0.474. The third-order valence-electron chi connectivity index (χ3n) is 6.45. The summed E-state index contributed by atoms with van der Waals surface area (Å²) in [6.45, 7) is 4.01. The Bertz CT molecular complexity index is 725. The van der Waals surface area contributed by atoms with Gasteiger partial charge < -0.3 is 0 Å². The van der Waals surface area contributed by atoms with E-state index < -0.39 is 0 Å². The lowest BCUT2D eigenvalue weighted by atomic mass is 9.85. The number of nitrogens with zero attached hydrogens (tertiary/aromatic N) is 1. The molecule has 3 aliphatic carbocycles. The average molecular weight is 293 g/mol. The van der Waals surface area contributed by atoms with Crippen LogP contribution < -0.4 is 4.90 Å². The van der Waals surface area contributed by atoms with Gasteiger partial charge in [-0.25, -0.2) is 4.90 Å². The van der Waals surface area contributed by atoms with Crippen LogP contribution in [0.1, 0.15) is 24.0 Å². The molecule has 0 N–H and O–H groups in total. The average Bonchev–Trinajstić information content (AvgIpc) is 3.07. The van der Waals surface area contributed by atoms with Crippen molar-refractivity contribution in [2.24, 2.45) is 29.1 Å². The van der Waals surface area contributed by atoms with Gasteiger partial charge in [0, 0.05) is 0 Å². The first-order valence-electron chi connectivity index (χ1n) is 8.18. The molecule has 5 rings (SSSR count). The topological polar surface area (TPSA) is 37.4 Å². The van der Waals surface area contributed by atoms with Gasteiger partial charge in [0.25, 0.3) is 0 Å². The minimum absolute atomic E-state index is 0.0325. The highest BCUT2D eigenvalue weighted by Crippen LogP contribution is 2.73. The Morgan fingerprint density at radius 2 is 1.59 bits per heavy atom. The van der Waals surface area contributed by atoms with Gasteiger partial charge in [-0.2, -0.15) is 0 Å². The third kappa shape index (κ3) is 1.25. The zero-order chi connectivity index (χ0) is 15.2. The van der Waals surface area contributed by atoms with E-state index >= 15 is 0 Å². The van der Waals surface area contributed by atoms with E-state index in [1.165, 1.54) is 17.7 Å². The number of aryl methyl sites for hydroxylation is 2. The summed E-state index contributed by atoms with van der Waals surface area (Å²) in [7, 11) is 0. The maximum absolute atomic E-state index is 13.0. The van der Waals surface area contributed by atoms with Gasteiger partial charge in [-0.3, -0.25) is 9.59 Å². The number of imide groups is 1. The molecule has 22 heavy (non-hydrogen) atoms. The summed E-state index contributed by atoms with van der Waals surface area (Å²) in [6.07, 6.45) is 6.81. The number of allylic oxidation sites excluding steroid dienone is 2. The van der Waals surface area contributed by atoms with Gasteiger partial charge in [0.2, 0.25) is 11.8 Å². The monoisotopic (exact) mass is 293 g/mol. The van der Waals surface area contributed by atoms with E-state index in [0.717, 1.165) is 16.8 Å². The maximum Gasteiger partial charge on any atom is 0.238 e. The molecule has 1 saturated heterocycles. The lowest BCUT2D eigenvalue weighted by Gasteiger charge is -2.23. The predicted molar refractivity (Wildman–Crippen MR) is 83.2 cm³/mol. The summed E-state index contributed by atoms with van der Waals surface area (Å²) >= 11 is 0. The lowest BCUT2D eigenvalue weighted by molar-refractivity contribution is -0.123. The van der Waals surface area contributed by atoms with Crippen molar-refractivity contribution in [2.75, 3.05) is 4.90 Å². The number of rotatable bonds is 1. The number of hydrogen-bond donors (Lipinski definition) is 0. The second-order valence-corrected chi connectivity index (χ2v) is 7.52. The molecule has 0 radical (unpaired) electrons. The quantitative estimate of drug-likeness (QED) is 0.589. The molecule has 0 aromatic heterocycles. The highest BCUT2D eigenvalue weighted by Gasteiger charge is 2.73. The van der Waals surface area contributed by atoms with Crippen LogP contribution in [-0.2, 0) is 9.59 Å². The van der Waals surface area contributed by atoms with Gasteiger partial charge >= 0.3 is 0 Å². The Labute approximate surface area is 130 Å². The first kappa shape index (κ1) is 12.6. The molecule has 2 saturated carbocycles. The van der Waals surface area contributed by atoms with Crippen LogP contribution in [0.3, 0.4) is 0 Å². The molecular formula is C19H19NO2. The highest BCUT2D eigenvalue weighted by atomic mass is 16.2. The first-order valence-corrected chi connectivity index (χ1v) is 8.18. The molecule has 3 fully saturated rings. The van der Waals surface area contributed by atoms with E-state index in [-0.39, 0.29) is 29.1 Å². The molecule has 3 heteroatoms. The number of fused-ring (bicyclic) bond motifs is 3. The van der Waals surface area contributed by atoms with Crippen LogP contribution in [0.25, 0.3) is 0 Å². The molecule has 4 aliphatic rings. The summed E-state index contributed by atoms with van der Waals surface area (Å²) in [6, 6.07) is 5.94. The minimum Gasteiger partial charge on any atom is -0.274 e. The minimum atomic E-state index is -0.106. The van der Waals surface area contributed by atoms with Crippen molar-refractivity contribution in [3.8, 4) is 0 Å². The first-order chi connectivity index (χ1) is 10.5. The Morgan fingerprint density at radius 3 is 2.09 bits per heavy atom. The van der Waals surface area contributed by atoms with Gasteiger partial charge in [0.05, 0.1) is 17.5 Å². The fourth-order valence-corrected chi connectivity index (χ4v) is 5.37. The Morgan fingerprint density at radius 1 is 1.00 bits per heavy atom. The van der Waals surface area contributed by atoms with Crippen LogP contribution in [0.5, 0.6) is 0 Å². The standard InChI is InChI=1S/C19H19NO2/c1-10-3-6-14(11(2)9-10)20-17(21)15-12-4-5-13(16(15)18(20)22)19(12)7-8-19/h3-6,9,12-13,15-16H,7-8H2,1-2H3/t12-,13-,15-,16+/m1/s1. The van der Waals surface area contributed by atoms with Crippen molar-refractivity contribution in [3.63, 3.8) is 0 Å². The SMILES string of the molecule is Cc1ccc(N2C(=O)[C@@H]3[C@H](C2=O)[C@H]2C=C[C@H]3C23CC3)c(C)c1. The largest absolute Gasteiger partial charge is 0.274 e. The van der Waals surface area contributed by atoms with Gasteiger partial charge in [0.1, 0.15) is 0 Å². The molecule has 1 aromatic carbocycles. The van der Waals surface area contributed by atoms with Crippen LogP contribution >= 0.6 is 0 Å². The van der Waals surface area contributed by atoms with Crippen LogP contribution in [0, 0.1) is 42.9 Å². The second-order valence-electron chi connectivity index (χ2n) is 7.52. The number of hydrogen-bond acceptors (Lipinski definition) is 2. The molecule has 1 heterocycles. The van der Waals surface area contributed by atoms with E-state index in [0.29, 0.717) is 11.8 Å². The highest BCUT2D eigenvalue weighted by molar-refractivity contribution is 6.23. The van der Waals surface area contributed by atoms with Crippen molar-refractivity contribution >= 4 is 17.5 Å². The van der Waals surface area contributed by atoms with E-state index in [1.807, 2.05) is 32.0 Å². The molecule has 1 spiro atoms. The molecule has 2 amide bonds. The summed E-state index contributed by atoms with van der Waals surface area (Å²) in [5.74, 6) is 0.455. The van der Waals surface area contributed by atoms with E-state index in [4.69, 9.17) is 0 Å². The molecule has 1 aliphatic heterocycles. The maximum atomic E-state index is 13.0. The van der Waals surface area contributed by atoms with Gasteiger partial charge in [-0.1, -0.05) is 29.8 Å². The molecule has 0 unspecified atom stereocenters. The molecular weight excluding hydrogens is 274 g/mol. The predicted octanol–water partition coefficient (Wildman–Crippen LogP) is 3.01. The third-order valence-corrected chi connectivity index (χ3v) is 6.45. The van der Waals surface area contributed by atoms with Crippen molar-refractivity contribution < 1.29 is 9.59 Å². The van der Waals surface area contributed by atoms with Crippen LogP contribution in [-0.4, -0.2) is 11.8 Å². The van der Waals surface area contributed by atoms with E-state index in [2.05, 4.69) is 12.2 Å². The van der Waals surface area contributed by atoms with E-state index in [9.17, 15) is 9.59 Å². The summed E-state index contributed by atoms with van der Waals surface area (Å²) in [5, 5.41) is 0. The van der Waals surface area contributed by atoms with Crippen LogP contribution in [0.15, 0.2) is 30.4 Å². The van der Waals surface area contributed by atoms with Gasteiger partial charge in [-0.15, -0.1) is 0 Å². The van der Waals surface area contributed by atoms with Gasteiger partial charge in [-0.05, 0) is 55.6 Å². The molecule has 1 aromatic rings. The van der Waals surface area contributed by atoms with E-state index in [1.54, 1.807) is 0 Å². The van der Waals surface area contributed by atoms with Crippen molar-refractivity contribution in [1.82, 2.24) is 0 Å². The van der Waals surface area contributed by atoms with Crippen LogP contribution in [0.2, 0.25) is 0 Å². The second kappa shape index (κ2) is 3.70. The Balaban J connectivity index is 1.59. The number of carbonyl (C=O) groups is 2. The number of benzene rings is 1. The summed E-state index contributed by atoms with van der Waals surface area (Å²) < 4.78 is 0. The smallest absolute Gasteiger partial charge is 0.238 e. The fourth-order valence-electron chi connectivity index (χ4n) is 5.37. The number of amides is 2. The zero-order valence-corrected chi connectivity index (χ0v) is 12.9. The van der Waals surface area contributed by atoms with Crippen LogP contribution in [0.4, 0.5) is 5.69 Å². The number of anilines is 1. The van der Waals surface area contributed by atoms with Crippen molar-refractivity contribution in [3.05, 3.63) is 41.5 Å². The Kier molecular flexibility index (Phi) is 2.13. The molecule has 112 valence electrons. The summed E-state index contributed by atoms with van der Waals surface area (Å²) in [4.78, 5) is 27.5. The summed E-state index contributed by atoms with van der Waals surface area (Å²) in [5.41, 5.74) is 3.20. The molecule has 4 atom stereocenters. The van der Waals surface area contributed by atoms with Gasteiger partial charge in [0.15, 0.2) is 0 Å².